The van der Waals surface area contributed by atoms with E-state index >= 15 is 0 Å². The van der Waals surface area contributed by atoms with Crippen molar-refractivity contribution in [1.82, 2.24) is 5.32 Å². The van der Waals surface area contributed by atoms with Crippen molar-refractivity contribution in [3.63, 3.8) is 0 Å². The first kappa shape index (κ1) is 17.2. The summed E-state index contributed by atoms with van der Waals surface area (Å²) >= 11 is 30.8. The van der Waals surface area contributed by atoms with Gasteiger partial charge >= 0.3 is 0 Å². The average molecular weight is 384 g/mol. The minimum absolute atomic E-state index is 0.283. The number of nitrogens with one attached hydrogen (secondary N) is 1. The molecule has 0 heterocycles. The zero-order valence-corrected chi connectivity index (χ0v) is 14.9. The first-order chi connectivity index (χ1) is 9.95. The summed E-state index contributed by atoms with van der Waals surface area (Å²) in [5, 5.41) is 5.24. The van der Waals surface area contributed by atoms with Crippen molar-refractivity contribution < 1.29 is 0 Å². The minimum Gasteiger partial charge on any atom is -0.313 e. The zero-order valence-electron chi connectivity index (χ0n) is 11.1. The molecule has 0 radical (unpaired) electrons. The summed E-state index contributed by atoms with van der Waals surface area (Å²) in [6.45, 7) is 3.62. The SMILES string of the molecule is CCNCc1ccc(-c2c(Cl)cc(Cl)c(Cl)c2Cl)cc1Cl. The zero-order chi connectivity index (χ0) is 15.6. The Kier molecular flexibility index (Phi) is 6.07. The molecule has 0 saturated carbocycles. The van der Waals surface area contributed by atoms with Gasteiger partial charge in [-0.1, -0.05) is 77.1 Å². The Morgan fingerprint density at radius 2 is 1.57 bits per heavy atom. The Bertz CT molecular complexity index is 670. The van der Waals surface area contributed by atoms with Crippen LogP contribution in [0.2, 0.25) is 25.1 Å². The lowest BCUT2D eigenvalue weighted by Crippen LogP contribution is -2.11. The van der Waals surface area contributed by atoms with Gasteiger partial charge in [0.25, 0.3) is 0 Å². The van der Waals surface area contributed by atoms with E-state index in [9.17, 15) is 0 Å². The van der Waals surface area contributed by atoms with E-state index in [1.807, 2.05) is 25.1 Å². The number of benzene rings is 2. The maximum atomic E-state index is 6.31. The van der Waals surface area contributed by atoms with E-state index in [1.165, 1.54) is 0 Å². The van der Waals surface area contributed by atoms with E-state index in [0.717, 1.165) is 17.7 Å². The molecule has 2 aromatic carbocycles. The highest BCUT2D eigenvalue weighted by Gasteiger charge is 2.16. The van der Waals surface area contributed by atoms with Gasteiger partial charge in [0.1, 0.15) is 0 Å². The van der Waals surface area contributed by atoms with Crippen molar-refractivity contribution in [2.75, 3.05) is 6.54 Å². The molecule has 0 bridgehead atoms. The molecule has 0 aliphatic heterocycles. The number of rotatable bonds is 4. The van der Waals surface area contributed by atoms with Gasteiger partial charge < -0.3 is 5.32 Å². The first-order valence-corrected chi connectivity index (χ1v) is 8.17. The van der Waals surface area contributed by atoms with Gasteiger partial charge in [-0.2, -0.15) is 0 Å². The smallest absolute Gasteiger partial charge is 0.0785 e. The Balaban J connectivity index is 2.48. The Morgan fingerprint density at radius 1 is 0.857 bits per heavy atom. The van der Waals surface area contributed by atoms with Gasteiger partial charge in [-0.05, 0) is 29.8 Å². The molecular weight excluding hydrogens is 371 g/mol. The molecule has 112 valence electrons. The van der Waals surface area contributed by atoms with Crippen LogP contribution in [0.4, 0.5) is 0 Å². The predicted octanol–water partition coefficient (Wildman–Crippen LogP) is 6.73. The van der Waals surface area contributed by atoms with E-state index in [2.05, 4.69) is 5.32 Å². The topological polar surface area (TPSA) is 12.0 Å². The lowest BCUT2D eigenvalue weighted by molar-refractivity contribution is 0.727. The third-order valence-corrected chi connectivity index (χ3v) is 4.93. The third-order valence-electron chi connectivity index (χ3n) is 3.02. The van der Waals surface area contributed by atoms with Crippen LogP contribution >= 0.6 is 58.0 Å². The third kappa shape index (κ3) is 3.79. The van der Waals surface area contributed by atoms with Crippen molar-refractivity contribution in [2.45, 2.75) is 13.5 Å². The lowest BCUT2D eigenvalue weighted by Gasteiger charge is -2.12. The molecule has 2 rings (SSSR count). The Morgan fingerprint density at radius 3 is 2.19 bits per heavy atom. The van der Waals surface area contributed by atoms with Gasteiger partial charge in [0.15, 0.2) is 0 Å². The molecule has 0 saturated heterocycles. The maximum absolute atomic E-state index is 6.31. The van der Waals surface area contributed by atoms with Crippen molar-refractivity contribution in [1.29, 1.82) is 0 Å². The highest BCUT2D eigenvalue weighted by Crippen LogP contribution is 2.43. The molecule has 21 heavy (non-hydrogen) atoms. The highest BCUT2D eigenvalue weighted by atomic mass is 35.5. The molecule has 6 heteroatoms. The molecule has 1 N–H and O–H groups in total. The molecule has 0 aliphatic rings. The number of halogens is 5. The van der Waals surface area contributed by atoms with Crippen LogP contribution in [0.15, 0.2) is 24.3 Å². The second-order valence-electron chi connectivity index (χ2n) is 4.43. The van der Waals surface area contributed by atoms with Gasteiger partial charge in [-0.25, -0.2) is 0 Å². The average Bonchev–Trinajstić information content (AvgIpc) is 2.44. The van der Waals surface area contributed by atoms with E-state index in [1.54, 1.807) is 6.07 Å². The Labute approximate surface area is 149 Å². The lowest BCUT2D eigenvalue weighted by atomic mass is 10.0. The minimum atomic E-state index is 0.283. The van der Waals surface area contributed by atoms with Crippen LogP contribution in [0.5, 0.6) is 0 Å². The van der Waals surface area contributed by atoms with E-state index in [4.69, 9.17) is 58.0 Å². The van der Waals surface area contributed by atoms with Crippen molar-refractivity contribution in [3.05, 3.63) is 54.9 Å². The van der Waals surface area contributed by atoms with Crippen molar-refractivity contribution >= 4 is 58.0 Å². The van der Waals surface area contributed by atoms with Crippen LogP contribution in [-0.2, 0) is 6.54 Å². The van der Waals surface area contributed by atoms with Crippen LogP contribution in [-0.4, -0.2) is 6.54 Å². The van der Waals surface area contributed by atoms with Crippen molar-refractivity contribution in [2.24, 2.45) is 0 Å². The molecule has 0 spiro atoms. The van der Waals surface area contributed by atoms with Crippen LogP contribution in [0.3, 0.4) is 0 Å². The monoisotopic (exact) mass is 381 g/mol. The fourth-order valence-electron chi connectivity index (χ4n) is 1.94. The first-order valence-electron chi connectivity index (χ1n) is 6.28. The quantitative estimate of drug-likeness (QED) is 0.456. The summed E-state index contributed by atoms with van der Waals surface area (Å²) in [6, 6.07) is 7.25. The fraction of sp³-hybridized carbons (Fsp3) is 0.200. The van der Waals surface area contributed by atoms with Crippen LogP contribution in [0, 0.1) is 0 Å². The van der Waals surface area contributed by atoms with Gasteiger partial charge in [-0.3, -0.25) is 0 Å². The maximum Gasteiger partial charge on any atom is 0.0785 e. The standard InChI is InChI=1S/C15H12Cl5N/c1-2-21-7-9-4-3-8(5-10(9)16)13-11(17)6-12(18)14(19)15(13)20/h3-6,21H,2,7H2,1H3. The van der Waals surface area contributed by atoms with Crippen LogP contribution < -0.4 is 5.32 Å². The number of hydrogen-bond donors (Lipinski definition) is 1. The number of hydrogen-bond acceptors (Lipinski definition) is 1. The molecule has 1 nitrogen and oxygen atoms in total. The van der Waals surface area contributed by atoms with Gasteiger partial charge in [0, 0.05) is 17.1 Å². The van der Waals surface area contributed by atoms with Gasteiger partial charge in [-0.15, -0.1) is 0 Å². The van der Waals surface area contributed by atoms with Gasteiger partial charge in [0.2, 0.25) is 0 Å². The second-order valence-corrected chi connectivity index (χ2v) is 6.41. The summed E-state index contributed by atoms with van der Waals surface area (Å²) in [5.74, 6) is 0. The molecule has 0 amide bonds. The molecule has 0 aliphatic carbocycles. The molecule has 2 aromatic rings. The highest BCUT2D eigenvalue weighted by molar-refractivity contribution is 6.51. The second kappa shape index (κ2) is 7.41. The van der Waals surface area contributed by atoms with E-state index in [-0.39, 0.29) is 5.02 Å². The Hall–Kier alpha value is -0.150. The summed E-state index contributed by atoms with van der Waals surface area (Å²) in [5.41, 5.74) is 2.44. The van der Waals surface area contributed by atoms with Crippen LogP contribution in [0.25, 0.3) is 11.1 Å². The fourth-order valence-corrected chi connectivity index (χ4v) is 3.31. The summed E-state index contributed by atoms with van der Waals surface area (Å²) in [6.07, 6.45) is 0. The summed E-state index contributed by atoms with van der Waals surface area (Å²) < 4.78 is 0. The largest absolute Gasteiger partial charge is 0.313 e. The van der Waals surface area contributed by atoms with Crippen molar-refractivity contribution in [3.8, 4) is 11.1 Å². The molecule has 0 aromatic heterocycles. The molecule has 0 unspecified atom stereocenters. The van der Waals surface area contributed by atoms with Gasteiger partial charge in [0.05, 0.1) is 20.1 Å². The van der Waals surface area contributed by atoms with E-state index in [0.29, 0.717) is 32.2 Å². The molecular formula is C15H12Cl5N. The summed E-state index contributed by atoms with van der Waals surface area (Å²) in [4.78, 5) is 0. The summed E-state index contributed by atoms with van der Waals surface area (Å²) in [7, 11) is 0. The molecule has 0 atom stereocenters. The van der Waals surface area contributed by atoms with E-state index < -0.39 is 0 Å². The molecule has 0 fully saturated rings. The normalized spacial score (nSPS) is 11.0. The van der Waals surface area contributed by atoms with Crippen LogP contribution in [0.1, 0.15) is 12.5 Å². The predicted molar refractivity (Wildman–Crippen MR) is 94.3 cm³/mol.